The van der Waals surface area contributed by atoms with E-state index in [9.17, 15) is 19.8 Å². The van der Waals surface area contributed by atoms with Crippen LogP contribution in [0.15, 0.2) is 85.1 Å². The summed E-state index contributed by atoms with van der Waals surface area (Å²) in [6.07, 6.45) is 63.5. The van der Waals surface area contributed by atoms with E-state index in [2.05, 4.69) is 111 Å². The van der Waals surface area contributed by atoms with Crippen molar-refractivity contribution in [2.75, 3.05) is 6.61 Å². The van der Waals surface area contributed by atoms with Gasteiger partial charge < -0.3 is 20.3 Å². The Morgan fingerprint density at radius 3 is 1.35 bits per heavy atom. The fourth-order valence-electron chi connectivity index (χ4n) is 7.44. The lowest BCUT2D eigenvalue weighted by atomic mass is 10.0. The molecule has 0 radical (unpaired) electrons. The van der Waals surface area contributed by atoms with Crippen LogP contribution in [0.3, 0.4) is 0 Å². The van der Waals surface area contributed by atoms with Gasteiger partial charge in [0, 0.05) is 6.42 Å². The highest BCUT2D eigenvalue weighted by atomic mass is 16.5. The van der Waals surface area contributed by atoms with Crippen LogP contribution < -0.4 is 5.32 Å². The number of carbonyl (C=O) groups excluding carboxylic acids is 2. The Balaban J connectivity index is 4.66. The van der Waals surface area contributed by atoms with Crippen LogP contribution in [0.5, 0.6) is 0 Å². The van der Waals surface area contributed by atoms with E-state index in [0.717, 1.165) is 109 Å². The minimum atomic E-state index is -0.801. The van der Waals surface area contributed by atoms with Crippen molar-refractivity contribution in [3.63, 3.8) is 0 Å². The quantitative estimate of drug-likeness (QED) is 0.0322. The number of amides is 1. The molecule has 0 aromatic rings. The molecule has 0 aromatic carbocycles. The normalized spacial score (nSPS) is 14.0. The lowest BCUT2D eigenvalue weighted by Gasteiger charge is -2.24. The Labute approximate surface area is 383 Å². The molecule has 0 spiro atoms. The fraction of sp³-hybridized carbons (Fsp3) is 0.714. The van der Waals surface area contributed by atoms with Crippen LogP contribution in [0, 0.1) is 0 Å². The number of aliphatic hydroxyl groups excluding tert-OH is 2. The van der Waals surface area contributed by atoms with Crippen molar-refractivity contribution in [1.82, 2.24) is 5.32 Å². The van der Waals surface area contributed by atoms with Gasteiger partial charge in [-0.15, -0.1) is 0 Å². The third-order valence-corrected chi connectivity index (χ3v) is 11.4. The highest BCUT2D eigenvalue weighted by Crippen LogP contribution is 2.17. The van der Waals surface area contributed by atoms with Crippen molar-refractivity contribution >= 4 is 11.9 Å². The number of allylic oxidation sites excluding steroid dienone is 14. The lowest BCUT2D eigenvalue weighted by molar-refractivity contribution is -0.151. The topological polar surface area (TPSA) is 95.9 Å². The number of nitrogens with one attached hydrogen (secondary N) is 1. The predicted molar refractivity (Wildman–Crippen MR) is 268 cm³/mol. The van der Waals surface area contributed by atoms with Crippen molar-refractivity contribution in [3.8, 4) is 0 Å². The summed E-state index contributed by atoms with van der Waals surface area (Å²) >= 11 is 0. The number of ether oxygens (including phenoxy) is 1. The minimum Gasteiger partial charge on any atom is -0.462 e. The van der Waals surface area contributed by atoms with E-state index in [1.54, 1.807) is 0 Å². The molecule has 0 fully saturated rings. The fourth-order valence-corrected chi connectivity index (χ4v) is 7.44. The van der Waals surface area contributed by atoms with Gasteiger partial charge in [-0.25, -0.2) is 0 Å². The molecule has 0 aliphatic rings. The van der Waals surface area contributed by atoms with Crippen LogP contribution in [-0.2, 0) is 14.3 Å². The summed E-state index contributed by atoms with van der Waals surface area (Å²) in [5.74, 6) is -0.525. The number of hydrogen-bond acceptors (Lipinski definition) is 5. The molecule has 62 heavy (non-hydrogen) atoms. The Bertz CT molecular complexity index is 1200. The number of hydrogen-bond donors (Lipinski definition) is 3. The zero-order valence-corrected chi connectivity index (χ0v) is 40.5. The van der Waals surface area contributed by atoms with Crippen LogP contribution in [0.1, 0.15) is 233 Å². The van der Waals surface area contributed by atoms with E-state index in [1.165, 1.54) is 77.0 Å². The van der Waals surface area contributed by atoms with Crippen LogP contribution >= 0.6 is 0 Å². The third kappa shape index (κ3) is 43.7. The van der Waals surface area contributed by atoms with Gasteiger partial charge in [-0.3, -0.25) is 9.59 Å². The van der Waals surface area contributed by atoms with Gasteiger partial charge in [0.2, 0.25) is 5.91 Å². The first-order chi connectivity index (χ1) is 30.5. The Morgan fingerprint density at radius 2 is 0.871 bits per heavy atom. The monoisotopic (exact) mass is 864 g/mol. The van der Waals surface area contributed by atoms with Crippen LogP contribution in [-0.4, -0.2) is 46.9 Å². The summed E-state index contributed by atoms with van der Waals surface area (Å²) in [4.78, 5) is 26.1. The number of unbranched alkanes of at least 4 members (excludes halogenated alkanes) is 24. The average molecular weight is 864 g/mol. The van der Waals surface area contributed by atoms with Gasteiger partial charge in [-0.1, -0.05) is 234 Å². The zero-order chi connectivity index (χ0) is 45.2. The molecule has 0 saturated heterocycles. The highest BCUT2D eigenvalue weighted by molar-refractivity contribution is 5.77. The van der Waals surface area contributed by atoms with Gasteiger partial charge >= 0.3 is 5.97 Å². The van der Waals surface area contributed by atoms with E-state index in [0.29, 0.717) is 19.3 Å². The van der Waals surface area contributed by atoms with Crippen molar-refractivity contribution in [3.05, 3.63) is 85.1 Å². The Hall–Kier alpha value is -2.96. The van der Waals surface area contributed by atoms with Gasteiger partial charge in [0.1, 0.15) is 6.10 Å². The summed E-state index contributed by atoms with van der Waals surface area (Å²) in [7, 11) is 0. The molecule has 356 valence electrons. The van der Waals surface area contributed by atoms with Crippen LogP contribution in [0.4, 0.5) is 0 Å². The molecule has 0 heterocycles. The van der Waals surface area contributed by atoms with Crippen LogP contribution in [0.25, 0.3) is 0 Å². The molecule has 1 amide bonds. The molecule has 6 heteroatoms. The molecule has 3 atom stereocenters. The molecule has 0 saturated carbocycles. The van der Waals surface area contributed by atoms with E-state index in [4.69, 9.17) is 4.74 Å². The summed E-state index contributed by atoms with van der Waals surface area (Å²) in [5, 5.41) is 23.7. The maximum atomic E-state index is 13.2. The summed E-state index contributed by atoms with van der Waals surface area (Å²) in [5.41, 5.74) is 0. The van der Waals surface area contributed by atoms with Crippen molar-refractivity contribution < 1.29 is 24.5 Å². The molecule has 6 nitrogen and oxygen atoms in total. The first-order valence-corrected chi connectivity index (χ1v) is 25.9. The van der Waals surface area contributed by atoms with Gasteiger partial charge in [0.05, 0.1) is 25.2 Å². The van der Waals surface area contributed by atoms with Gasteiger partial charge in [-0.05, 0) is 70.6 Å². The standard InChI is InChI=1S/C56H97NO5/c1-4-7-10-13-16-19-22-25-26-27-28-29-31-34-37-40-43-46-49-56(61)62-52(47-44-41-38-35-32-30-23-20-17-14-11-8-5-2)50-55(60)57-53(51-58)54(59)48-45-42-39-36-33-24-21-18-15-12-9-6-3/h8,11,14,16-17,19-20,22-23,25-29,52-54,58-59H,4-7,9-10,12-13,15,18,21,24,30-51H2,1-3H3,(H,57,60)/b11-8+,17-14+,19-16+,23-20+,25-22+,27-26+,29-28+. The first-order valence-electron chi connectivity index (χ1n) is 25.9. The molecule has 3 unspecified atom stereocenters. The maximum absolute atomic E-state index is 13.2. The molecule has 0 rings (SSSR count). The van der Waals surface area contributed by atoms with Crippen molar-refractivity contribution in [2.45, 2.75) is 251 Å². The summed E-state index contributed by atoms with van der Waals surface area (Å²) in [6.45, 7) is 6.30. The molecular formula is C56H97NO5. The molecule has 0 bridgehead atoms. The Kier molecular flexibility index (Phi) is 46.7. The molecule has 3 N–H and O–H groups in total. The van der Waals surface area contributed by atoms with Crippen LogP contribution in [0.2, 0.25) is 0 Å². The first kappa shape index (κ1) is 59.0. The summed E-state index contributed by atoms with van der Waals surface area (Å²) in [6, 6.07) is -0.717. The van der Waals surface area contributed by atoms with E-state index >= 15 is 0 Å². The largest absolute Gasteiger partial charge is 0.462 e. The lowest BCUT2D eigenvalue weighted by Crippen LogP contribution is -2.46. The van der Waals surface area contributed by atoms with E-state index < -0.39 is 18.2 Å². The highest BCUT2D eigenvalue weighted by Gasteiger charge is 2.24. The number of carbonyl (C=O) groups is 2. The second kappa shape index (κ2) is 49.1. The van der Waals surface area contributed by atoms with E-state index in [-0.39, 0.29) is 24.9 Å². The van der Waals surface area contributed by atoms with Gasteiger partial charge in [-0.2, -0.15) is 0 Å². The van der Waals surface area contributed by atoms with Crippen molar-refractivity contribution in [1.29, 1.82) is 0 Å². The number of esters is 1. The van der Waals surface area contributed by atoms with Gasteiger partial charge in [0.25, 0.3) is 0 Å². The molecule has 0 aliphatic heterocycles. The molecule has 0 aromatic heterocycles. The Morgan fingerprint density at radius 1 is 0.484 bits per heavy atom. The predicted octanol–water partition coefficient (Wildman–Crippen LogP) is 15.6. The van der Waals surface area contributed by atoms with Crippen molar-refractivity contribution in [2.24, 2.45) is 0 Å². The maximum Gasteiger partial charge on any atom is 0.306 e. The third-order valence-electron chi connectivity index (χ3n) is 11.4. The minimum absolute atomic E-state index is 0.0501. The number of rotatable bonds is 45. The SMILES string of the molecule is CC/C=C/C=C/C=C/CCCCCCCC(CC(=O)NC(CO)C(O)CCCCCCCCCCCCCC)OC(=O)CCCCCCC/C=C/C=C/C=C/C=C/CCCCC. The summed E-state index contributed by atoms with van der Waals surface area (Å²) < 4.78 is 5.92. The average Bonchev–Trinajstić information content (AvgIpc) is 3.26. The van der Waals surface area contributed by atoms with Gasteiger partial charge in [0.15, 0.2) is 0 Å². The van der Waals surface area contributed by atoms with E-state index in [1.807, 2.05) is 0 Å². The number of aliphatic hydroxyl groups is 2. The molecular weight excluding hydrogens is 767 g/mol. The zero-order valence-electron chi connectivity index (χ0n) is 40.5. The molecule has 0 aliphatic carbocycles. The second-order valence-electron chi connectivity index (χ2n) is 17.3. The smallest absolute Gasteiger partial charge is 0.306 e. The second-order valence-corrected chi connectivity index (χ2v) is 17.3.